The fourth-order valence-electron chi connectivity index (χ4n) is 2.90. The minimum atomic E-state index is 0.403. The Bertz CT molecular complexity index is 201. The van der Waals surface area contributed by atoms with Gasteiger partial charge < -0.3 is 15.5 Å². The van der Waals surface area contributed by atoms with Gasteiger partial charge in [0.25, 0.3) is 0 Å². The summed E-state index contributed by atoms with van der Waals surface area (Å²) < 4.78 is 0. The largest absolute Gasteiger partial charge is 0.326 e. The minimum Gasteiger partial charge on any atom is -0.326 e. The number of hydrogen-bond donors (Lipinski definition) is 1. The Balaban J connectivity index is 1.59. The predicted molar refractivity (Wildman–Crippen MR) is 68.5 cm³/mol. The zero-order valence-electron chi connectivity index (χ0n) is 10.7. The Hall–Kier alpha value is -0.120. The van der Waals surface area contributed by atoms with Crippen molar-refractivity contribution < 1.29 is 0 Å². The monoisotopic (exact) mass is 225 g/mol. The van der Waals surface area contributed by atoms with Crippen molar-refractivity contribution in [3.8, 4) is 0 Å². The summed E-state index contributed by atoms with van der Waals surface area (Å²) in [5.74, 6) is 0.717. The van der Waals surface area contributed by atoms with Crippen LogP contribution in [-0.4, -0.2) is 55.1 Å². The Morgan fingerprint density at radius 2 is 1.75 bits per heavy atom. The van der Waals surface area contributed by atoms with E-state index >= 15 is 0 Å². The average molecular weight is 225 g/mol. The molecule has 2 aliphatic rings. The summed E-state index contributed by atoms with van der Waals surface area (Å²) in [6.45, 7) is 9.85. The Kier molecular flexibility index (Phi) is 4.62. The van der Waals surface area contributed by atoms with Crippen LogP contribution in [-0.2, 0) is 0 Å². The SMILES string of the molecule is CC1CCN(CCCN2CCCC2)CC1N. The highest BCUT2D eigenvalue weighted by Crippen LogP contribution is 2.15. The highest BCUT2D eigenvalue weighted by molar-refractivity contribution is 4.80. The molecule has 0 aromatic carbocycles. The maximum absolute atomic E-state index is 6.11. The van der Waals surface area contributed by atoms with Crippen molar-refractivity contribution in [3.63, 3.8) is 0 Å². The number of nitrogens with two attached hydrogens (primary N) is 1. The van der Waals surface area contributed by atoms with Crippen LogP contribution < -0.4 is 5.73 Å². The lowest BCUT2D eigenvalue weighted by molar-refractivity contribution is 0.161. The summed E-state index contributed by atoms with van der Waals surface area (Å²) >= 11 is 0. The molecule has 2 rings (SSSR count). The molecule has 16 heavy (non-hydrogen) atoms. The summed E-state index contributed by atoms with van der Waals surface area (Å²) in [5.41, 5.74) is 6.11. The number of hydrogen-bond acceptors (Lipinski definition) is 3. The van der Waals surface area contributed by atoms with Gasteiger partial charge in [-0.1, -0.05) is 6.92 Å². The van der Waals surface area contributed by atoms with E-state index in [-0.39, 0.29) is 0 Å². The van der Waals surface area contributed by atoms with Gasteiger partial charge in [0.1, 0.15) is 0 Å². The van der Waals surface area contributed by atoms with Crippen molar-refractivity contribution >= 4 is 0 Å². The van der Waals surface area contributed by atoms with E-state index in [1.165, 1.54) is 58.4 Å². The summed E-state index contributed by atoms with van der Waals surface area (Å²) in [6.07, 6.45) is 5.42. The van der Waals surface area contributed by atoms with Gasteiger partial charge in [0.2, 0.25) is 0 Å². The van der Waals surface area contributed by atoms with E-state index in [9.17, 15) is 0 Å². The molecule has 0 bridgehead atoms. The van der Waals surface area contributed by atoms with Gasteiger partial charge in [-0.3, -0.25) is 0 Å². The van der Waals surface area contributed by atoms with Gasteiger partial charge in [0.05, 0.1) is 0 Å². The molecule has 2 fully saturated rings. The van der Waals surface area contributed by atoms with Crippen molar-refractivity contribution in [2.24, 2.45) is 11.7 Å². The molecule has 2 unspecified atom stereocenters. The summed E-state index contributed by atoms with van der Waals surface area (Å²) in [4.78, 5) is 5.16. The second kappa shape index (κ2) is 5.99. The normalized spacial score (nSPS) is 33.4. The molecular weight excluding hydrogens is 198 g/mol. The first kappa shape index (κ1) is 12.3. The molecule has 94 valence electrons. The van der Waals surface area contributed by atoms with Crippen molar-refractivity contribution in [1.82, 2.24) is 9.80 Å². The average Bonchev–Trinajstić information content (AvgIpc) is 2.76. The van der Waals surface area contributed by atoms with Gasteiger partial charge in [-0.2, -0.15) is 0 Å². The second-order valence-electron chi connectivity index (χ2n) is 5.63. The third-order valence-electron chi connectivity index (χ3n) is 4.25. The Morgan fingerprint density at radius 1 is 1.06 bits per heavy atom. The fourth-order valence-corrected chi connectivity index (χ4v) is 2.90. The molecule has 0 amide bonds. The van der Waals surface area contributed by atoms with Crippen LogP contribution in [0.5, 0.6) is 0 Å². The number of rotatable bonds is 4. The van der Waals surface area contributed by atoms with E-state index in [1.807, 2.05) is 0 Å². The van der Waals surface area contributed by atoms with Crippen LogP contribution in [0.25, 0.3) is 0 Å². The molecule has 0 radical (unpaired) electrons. The lowest BCUT2D eigenvalue weighted by atomic mass is 9.94. The van der Waals surface area contributed by atoms with Crippen molar-refractivity contribution in [2.45, 2.75) is 38.6 Å². The lowest BCUT2D eigenvalue weighted by Crippen LogP contribution is -2.48. The Morgan fingerprint density at radius 3 is 2.44 bits per heavy atom. The smallest absolute Gasteiger partial charge is 0.0194 e. The topological polar surface area (TPSA) is 32.5 Å². The molecule has 0 saturated carbocycles. The zero-order chi connectivity index (χ0) is 11.4. The summed E-state index contributed by atoms with van der Waals surface area (Å²) in [6, 6.07) is 0.403. The molecule has 3 nitrogen and oxygen atoms in total. The quantitative estimate of drug-likeness (QED) is 0.779. The predicted octanol–water partition coefficient (Wildman–Crippen LogP) is 1.14. The molecule has 2 aliphatic heterocycles. The highest BCUT2D eigenvalue weighted by atomic mass is 15.2. The van der Waals surface area contributed by atoms with E-state index in [1.54, 1.807) is 0 Å². The number of likely N-dealkylation sites (tertiary alicyclic amines) is 2. The maximum atomic E-state index is 6.11. The molecule has 2 atom stereocenters. The maximum Gasteiger partial charge on any atom is 0.0194 e. The van der Waals surface area contributed by atoms with Crippen molar-refractivity contribution in [2.75, 3.05) is 39.3 Å². The molecule has 0 spiro atoms. The van der Waals surface area contributed by atoms with Gasteiger partial charge in [-0.25, -0.2) is 0 Å². The van der Waals surface area contributed by atoms with Gasteiger partial charge in [-0.15, -0.1) is 0 Å². The zero-order valence-corrected chi connectivity index (χ0v) is 10.7. The van der Waals surface area contributed by atoms with Gasteiger partial charge in [0, 0.05) is 12.6 Å². The first-order valence-corrected chi connectivity index (χ1v) is 6.96. The van der Waals surface area contributed by atoms with E-state index in [2.05, 4.69) is 16.7 Å². The third kappa shape index (κ3) is 3.44. The van der Waals surface area contributed by atoms with E-state index in [4.69, 9.17) is 5.73 Å². The van der Waals surface area contributed by atoms with Crippen LogP contribution in [0.2, 0.25) is 0 Å². The number of nitrogens with zero attached hydrogens (tertiary/aromatic N) is 2. The minimum absolute atomic E-state index is 0.403. The van der Waals surface area contributed by atoms with Crippen LogP contribution in [0, 0.1) is 5.92 Å². The first-order valence-electron chi connectivity index (χ1n) is 6.96. The number of piperidine rings is 1. The molecule has 2 saturated heterocycles. The first-order chi connectivity index (χ1) is 7.75. The molecule has 2 N–H and O–H groups in total. The third-order valence-corrected chi connectivity index (χ3v) is 4.25. The van der Waals surface area contributed by atoms with Crippen molar-refractivity contribution in [3.05, 3.63) is 0 Å². The summed E-state index contributed by atoms with van der Waals surface area (Å²) in [5, 5.41) is 0. The van der Waals surface area contributed by atoms with Crippen LogP contribution >= 0.6 is 0 Å². The molecule has 3 heteroatoms. The van der Waals surface area contributed by atoms with Crippen molar-refractivity contribution in [1.29, 1.82) is 0 Å². The van der Waals surface area contributed by atoms with E-state index < -0.39 is 0 Å². The van der Waals surface area contributed by atoms with Crippen LogP contribution in [0.3, 0.4) is 0 Å². The van der Waals surface area contributed by atoms with Crippen LogP contribution in [0.4, 0.5) is 0 Å². The fraction of sp³-hybridized carbons (Fsp3) is 1.00. The molecule has 2 heterocycles. The van der Waals surface area contributed by atoms with Crippen LogP contribution in [0.1, 0.15) is 32.6 Å². The van der Waals surface area contributed by atoms with Gasteiger partial charge in [0.15, 0.2) is 0 Å². The standard InChI is InChI=1S/C13H27N3/c1-12-5-10-16(11-13(12)14)9-4-8-15-6-2-3-7-15/h12-13H,2-11,14H2,1H3. The highest BCUT2D eigenvalue weighted by Gasteiger charge is 2.22. The molecule has 0 aromatic rings. The lowest BCUT2D eigenvalue weighted by Gasteiger charge is -2.35. The van der Waals surface area contributed by atoms with Gasteiger partial charge in [-0.05, 0) is 64.3 Å². The van der Waals surface area contributed by atoms with E-state index in [0.717, 1.165) is 12.5 Å². The molecular formula is C13H27N3. The second-order valence-corrected chi connectivity index (χ2v) is 5.63. The van der Waals surface area contributed by atoms with Gasteiger partial charge >= 0.3 is 0 Å². The Labute approximate surface area is 100.0 Å². The molecule has 0 aromatic heterocycles. The molecule has 0 aliphatic carbocycles. The van der Waals surface area contributed by atoms with Crippen LogP contribution in [0.15, 0.2) is 0 Å². The van der Waals surface area contributed by atoms with E-state index in [0.29, 0.717) is 6.04 Å². The summed E-state index contributed by atoms with van der Waals surface area (Å²) in [7, 11) is 0.